The molecule has 146 valence electrons. The van der Waals surface area contributed by atoms with E-state index in [2.05, 4.69) is 32.7 Å². The number of nitrogens with zero attached hydrogens (tertiary/aromatic N) is 2. The molecular weight excluding hydrogens is 346 g/mol. The van der Waals surface area contributed by atoms with E-state index < -0.39 is 10.0 Å². The number of hydrogen-bond acceptors (Lipinski definition) is 4. The Morgan fingerprint density at radius 2 is 1.54 bits per heavy atom. The Morgan fingerprint density at radius 3 is 2.15 bits per heavy atom. The Balaban J connectivity index is 1.87. The summed E-state index contributed by atoms with van der Waals surface area (Å²) in [4.78, 5) is 4.72. The van der Waals surface area contributed by atoms with Crippen LogP contribution in [0.4, 0.5) is 17.1 Å². The standard InChI is InChI=1S/C20H33N3O2S/c1-2-3-16-26(24,25)21-19-17-18(22-12-6-4-7-13-22)10-11-20(19)23-14-8-5-9-15-23/h10-11,17,21H,2-9,12-16H2,1H3. The number of piperidine rings is 2. The first kappa shape index (κ1) is 19.3. The summed E-state index contributed by atoms with van der Waals surface area (Å²) >= 11 is 0. The van der Waals surface area contributed by atoms with Crippen LogP contribution in [0, 0.1) is 0 Å². The van der Waals surface area contributed by atoms with Crippen molar-refractivity contribution >= 4 is 27.1 Å². The minimum atomic E-state index is -3.30. The van der Waals surface area contributed by atoms with Crippen molar-refractivity contribution in [2.24, 2.45) is 0 Å². The zero-order chi connectivity index (χ0) is 18.4. The molecule has 1 aromatic rings. The first-order valence-electron chi connectivity index (χ1n) is 10.2. The highest BCUT2D eigenvalue weighted by Crippen LogP contribution is 2.34. The lowest BCUT2D eigenvalue weighted by Crippen LogP contribution is -2.32. The summed E-state index contributed by atoms with van der Waals surface area (Å²) in [6.45, 7) is 6.15. The van der Waals surface area contributed by atoms with Gasteiger partial charge in [-0.15, -0.1) is 0 Å². The fraction of sp³-hybridized carbons (Fsp3) is 0.700. The molecule has 2 aliphatic rings. The van der Waals surface area contributed by atoms with Crippen LogP contribution in [0.25, 0.3) is 0 Å². The normalized spacial score (nSPS) is 18.8. The molecule has 26 heavy (non-hydrogen) atoms. The second-order valence-corrected chi connectivity index (χ2v) is 9.41. The molecule has 1 N–H and O–H groups in total. The summed E-state index contributed by atoms with van der Waals surface area (Å²) < 4.78 is 28.0. The largest absolute Gasteiger partial charge is 0.371 e. The fourth-order valence-corrected chi connectivity index (χ4v) is 5.19. The first-order chi connectivity index (χ1) is 12.6. The van der Waals surface area contributed by atoms with Gasteiger partial charge in [-0.2, -0.15) is 0 Å². The minimum absolute atomic E-state index is 0.191. The summed E-state index contributed by atoms with van der Waals surface area (Å²) in [5.74, 6) is 0.191. The molecule has 1 aromatic carbocycles. The zero-order valence-electron chi connectivity index (χ0n) is 16.0. The van der Waals surface area contributed by atoms with Gasteiger partial charge in [0.15, 0.2) is 0 Å². The van der Waals surface area contributed by atoms with Crippen LogP contribution >= 0.6 is 0 Å². The predicted octanol–water partition coefficient (Wildman–Crippen LogP) is 4.21. The van der Waals surface area contributed by atoms with E-state index in [1.54, 1.807) is 0 Å². The van der Waals surface area contributed by atoms with Crippen LogP contribution in [-0.2, 0) is 10.0 Å². The van der Waals surface area contributed by atoms with E-state index in [1.165, 1.54) is 38.5 Å². The Morgan fingerprint density at radius 1 is 0.923 bits per heavy atom. The third kappa shape index (κ3) is 5.06. The molecule has 0 atom stereocenters. The number of hydrogen-bond donors (Lipinski definition) is 1. The van der Waals surface area contributed by atoms with Crippen molar-refractivity contribution in [2.45, 2.75) is 58.3 Å². The summed E-state index contributed by atoms with van der Waals surface area (Å²) in [7, 11) is -3.30. The van der Waals surface area contributed by atoms with Gasteiger partial charge in [0, 0.05) is 31.9 Å². The molecule has 2 aliphatic heterocycles. The molecule has 0 unspecified atom stereocenters. The second-order valence-electron chi connectivity index (χ2n) is 7.57. The van der Waals surface area contributed by atoms with Gasteiger partial charge >= 0.3 is 0 Å². The van der Waals surface area contributed by atoms with Crippen LogP contribution < -0.4 is 14.5 Å². The lowest BCUT2D eigenvalue weighted by Gasteiger charge is -2.33. The Kier molecular flexibility index (Phi) is 6.68. The van der Waals surface area contributed by atoms with Gasteiger partial charge in [-0.3, -0.25) is 4.72 Å². The molecule has 0 spiro atoms. The van der Waals surface area contributed by atoms with Gasteiger partial charge in [0.1, 0.15) is 0 Å². The lowest BCUT2D eigenvalue weighted by molar-refractivity contribution is 0.575. The Hall–Kier alpha value is -1.43. The number of anilines is 3. The molecule has 3 rings (SSSR count). The van der Waals surface area contributed by atoms with Crippen molar-refractivity contribution in [2.75, 3.05) is 46.5 Å². The van der Waals surface area contributed by atoms with Crippen LogP contribution in [-0.4, -0.2) is 40.3 Å². The quantitative estimate of drug-likeness (QED) is 0.771. The smallest absolute Gasteiger partial charge is 0.232 e. The number of unbranched alkanes of at least 4 members (excludes halogenated alkanes) is 1. The van der Waals surface area contributed by atoms with Crippen LogP contribution in [0.15, 0.2) is 18.2 Å². The van der Waals surface area contributed by atoms with Gasteiger partial charge in [-0.1, -0.05) is 13.3 Å². The summed E-state index contributed by atoms with van der Waals surface area (Å²) in [5.41, 5.74) is 2.93. The number of rotatable bonds is 7. The lowest BCUT2D eigenvalue weighted by atomic mass is 10.1. The Labute approximate surface area is 158 Å². The monoisotopic (exact) mass is 379 g/mol. The molecule has 0 amide bonds. The van der Waals surface area contributed by atoms with E-state index in [0.717, 1.165) is 49.7 Å². The van der Waals surface area contributed by atoms with E-state index in [-0.39, 0.29) is 5.75 Å². The van der Waals surface area contributed by atoms with Crippen molar-refractivity contribution < 1.29 is 8.42 Å². The number of benzene rings is 1. The van der Waals surface area contributed by atoms with Crippen LogP contribution in [0.3, 0.4) is 0 Å². The van der Waals surface area contributed by atoms with Crippen LogP contribution in [0.1, 0.15) is 58.3 Å². The maximum absolute atomic E-state index is 12.5. The Bertz CT molecular complexity index is 678. The van der Waals surface area contributed by atoms with Crippen molar-refractivity contribution in [1.29, 1.82) is 0 Å². The van der Waals surface area contributed by atoms with Crippen molar-refractivity contribution in [3.63, 3.8) is 0 Å². The molecule has 0 saturated carbocycles. The van der Waals surface area contributed by atoms with Crippen molar-refractivity contribution in [3.8, 4) is 0 Å². The van der Waals surface area contributed by atoms with Gasteiger partial charge in [-0.05, 0) is 63.1 Å². The third-order valence-corrected chi connectivity index (χ3v) is 6.79. The maximum Gasteiger partial charge on any atom is 0.232 e. The summed E-state index contributed by atoms with van der Waals surface area (Å²) in [5, 5.41) is 0. The molecule has 0 aromatic heterocycles. The van der Waals surface area contributed by atoms with E-state index in [4.69, 9.17) is 0 Å². The van der Waals surface area contributed by atoms with Gasteiger partial charge in [0.2, 0.25) is 10.0 Å². The second kappa shape index (κ2) is 8.98. The van der Waals surface area contributed by atoms with E-state index in [1.807, 2.05) is 6.92 Å². The number of sulfonamides is 1. The highest BCUT2D eigenvalue weighted by molar-refractivity contribution is 7.92. The van der Waals surface area contributed by atoms with Gasteiger partial charge in [0.25, 0.3) is 0 Å². The van der Waals surface area contributed by atoms with Gasteiger partial charge in [0.05, 0.1) is 17.1 Å². The molecule has 2 saturated heterocycles. The van der Waals surface area contributed by atoms with Crippen LogP contribution in [0.2, 0.25) is 0 Å². The number of nitrogens with one attached hydrogen (secondary N) is 1. The van der Waals surface area contributed by atoms with Crippen LogP contribution in [0.5, 0.6) is 0 Å². The molecule has 2 fully saturated rings. The minimum Gasteiger partial charge on any atom is -0.371 e. The highest BCUT2D eigenvalue weighted by Gasteiger charge is 2.20. The topological polar surface area (TPSA) is 52.7 Å². The van der Waals surface area contributed by atoms with E-state index in [9.17, 15) is 8.42 Å². The van der Waals surface area contributed by atoms with Crippen molar-refractivity contribution in [3.05, 3.63) is 18.2 Å². The van der Waals surface area contributed by atoms with E-state index in [0.29, 0.717) is 6.42 Å². The molecule has 5 nitrogen and oxygen atoms in total. The average Bonchev–Trinajstić information content (AvgIpc) is 2.67. The molecule has 0 aliphatic carbocycles. The first-order valence-corrected chi connectivity index (χ1v) is 11.9. The van der Waals surface area contributed by atoms with Gasteiger partial charge < -0.3 is 9.80 Å². The van der Waals surface area contributed by atoms with E-state index >= 15 is 0 Å². The average molecular weight is 380 g/mol. The van der Waals surface area contributed by atoms with Gasteiger partial charge in [-0.25, -0.2) is 8.42 Å². The highest BCUT2D eigenvalue weighted by atomic mass is 32.2. The molecule has 6 heteroatoms. The molecule has 0 bridgehead atoms. The summed E-state index contributed by atoms with van der Waals surface area (Å²) in [6, 6.07) is 6.34. The fourth-order valence-electron chi connectivity index (χ4n) is 3.92. The molecule has 0 radical (unpaired) electrons. The summed E-state index contributed by atoms with van der Waals surface area (Å²) in [6.07, 6.45) is 8.91. The zero-order valence-corrected chi connectivity index (χ0v) is 16.9. The predicted molar refractivity (Wildman–Crippen MR) is 111 cm³/mol. The molecule has 2 heterocycles. The van der Waals surface area contributed by atoms with Crippen molar-refractivity contribution in [1.82, 2.24) is 0 Å². The third-order valence-electron chi connectivity index (χ3n) is 5.43. The maximum atomic E-state index is 12.5. The SMILES string of the molecule is CCCCS(=O)(=O)Nc1cc(N2CCCCC2)ccc1N1CCCCC1. The molecular formula is C20H33N3O2S.